The van der Waals surface area contributed by atoms with Crippen LogP contribution in [0.25, 0.3) is 0 Å². The van der Waals surface area contributed by atoms with Gasteiger partial charge in [-0.05, 0) is 0 Å². The molecule has 0 N–H and O–H groups in total. The van der Waals surface area contributed by atoms with Gasteiger partial charge in [-0.1, -0.05) is 11.6 Å². The molecule has 0 saturated heterocycles. The summed E-state index contributed by atoms with van der Waals surface area (Å²) in [5.41, 5.74) is 0.623. The Morgan fingerprint density at radius 1 is 1.50 bits per heavy atom. The Balaban J connectivity index is 2.58. The van der Waals surface area contributed by atoms with E-state index in [2.05, 4.69) is 6.07 Å². The number of nitrogens with zero attached hydrogens (tertiary/aromatic N) is 1. The van der Waals surface area contributed by atoms with Crippen LogP contribution >= 0.6 is 11.6 Å². The van der Waals surface area contributed by atoms with Gasteiger partial charge in [0.1, 0.15) is 19.0 Å². The molecule has 1 aromatic rings. The molecule has 0 radical (unpaired) electrons. The Bertz CT molecular complexity index is 454. The number of rotatable bonds is 2. The second kappa shape index (κ2) is 4.50. The summed E-state index contributed by atoms with van der Waals surface area (Å²) in [6, 6.07) is 3.73. The molecule has 84 valence electrons. The van der Waals surface area contributed by atoms with Crippen molar-refractivity contribution in [3.63, 3.8) is 0 Å². The summed E-state index contributed by atoms with van der Waals surface area (Å²) in [4.78, 5) is 0. The van der Waals surface area contributed by atoms with Crippen LogP contribution in [-0.2, 0) is 6.42 Å². The maximum Gasteiger partial charge on any atom is 0.167 e. The summed E-state index contributed by atoms with van der Waals surface area (Å²) in [5.74, 6) is 1.63. The van der Waals surface area contributed by atoms with Crippen molar-refractivity contribution < 1.29 is 14.2 Å². The van der Waals surface area contributed by atoms with Crippen molar-refractivity contribution in [3.05, 3.63) is 16.7 Å². The van der Waals surface area contributed by atoms with E-state index in [-0.39, 0.29) is 6.42 Å². The fourth-order valence-electron chi connectivity index (χ4n) is 1.59. The molecule has 1 aromatic carbocycles. The van der Waals surface area contributed by atoms with Crippen molar-refractivity contribution in [3.8, 4) is 23.3 Å². The van der Waals surface area contributed by atoms with E-state index in [1.54, 1.807) is 6.07 Å². The average Bonchev–Trinajstić information content (AvgIpc) is 2.32. The van der Waals surface area contributed by atoms with E-state index < -0.39 is 0 Å². The van der Waals surface area contributed by atoms with Gasteiger partial charge in [-0.2, -0.15) is 5.26 Å². The summed E-state index contributed by atoms with van der Waals surface area (Å²) in [5, 5.41) is 9.17. The molecular formula is C11H10ClNO3. The standard InChI is InChI=1S/C11H10ClNO3/c1-14-8-6-9-11(16-5-4-15-9)7(2-3-13)10(8)12/h6H,2,4-5H2,1H3. The first-order valence-corrected chi connectivity index (χ1v) is 5.17. The van der Waals surface area contributed by atoms with Crippen molar-refractivity contribution in [2.75, 3.05) is 20.3 Å². The Labute approximate surface area is 98.3 Å². The third kappa shape index (κ3) is 1.74. The van der Waals surface area contributed by atoms with Gasteiger partial charge in [-0.3, -0.25) is 0 Å². The van der Waals surface area contributed by atoms with Crippen LogP contribution in [-0.4, -0.2) is 20.3 Å². The minimum Gasteiger partial charge on any atom is -0.495 e. The van der Waals surface area contributed by atoms with E-state index >= 15 is 0 Å². The van der Waals surface area contributed by atoms with Crippen molar-refractivity contribution in [2.45, 2.75) is 6.42 Å². The second-order valence-electron chi connectivity index (χ2n) is 3.23. The van der Waals surface area contributed by atoms with Crippen LogP contribution in [0.2, 0.25) is 5.02 Å². The SMILES string of the molecule is COc1cc2c(c(CC#N)c1Cl)OCCO2. The van der Waals surface area contributed by atoms with Crippen LogP contribution in [0.5, 0.6) is 17.2 Å². The van der Waals surface area contributed by atoms with Crippen LogP contribution in [0.1, 0.15) is 5.56 Å². The van der Waals surface area contributed by atoms with Crippen LogP contribution in [0.4, 0.5) is 0 Å². The highest BCUT2D eigenvalue weighted by Crippen LogP contribution is 2.43. The van der Waals surface area contributed by atoms with Gasteiger partial charge in [-0.25, -0.2) is 0 Å². The lowest BCUT2D eigenvalue weighted by atomic mass is 10.1. The Morgan fingerprint density at radius 2 is 2.25 bits per heavy atom. The number of methoxy groups -OCH3 is 1. The highest BCUT2D eigenvalue weighted by atomic mass is 35.5. The first-order valence-electron chi connectivity index (χ1n) is 4.80. The third-order valence-electron chi connectivity index (χ3n) is 2.30. The van der Waals surface area contributed by atoms with E-state index in [0.717, 1.165) is 0 Å². The number of nitriles is 1. The molecular weight excluding hydrogens is 230 g/mol. The maximum absolute atomic E-state index is 8.76. The molecule has 1 aliphatic rings. The van der Waals surface area contributed by atoms with Gasteiger partial charge in [0.15, 0.2) is 11.5 Å². The molecule has 0 bridgehead atoms. The van der Waals surface area contributed by atoms with E-state index in [9.17, 15) is 0 Å². The smallest absolute Gasteiger partial charge is 0.167 e. The molecule has 0 fully saturated rings. The number of fused-ring (bicyclic) bond motifs is 1. The number of hydrogen-bond acceptors (Lipinski definition) is 4. The third-order valence-corrected chi connectivity index (χ3v) is 2.72. The van der Waals surface area contributed by atoms with Gasteiger partial charge < -0.3 is 14.2 Å². The van der Waals surface area contributed by atoms with Crippen molar-refractivity contribution in [1.82, 2.24) is 0 Å². The van der Waals surface area contributed by atoms with Gasteiger partial charge in [0, 0.05) is 11.6 Å². The highest BCUT2D eigenvalue weighted by molar-refractivity contribution is 6.33. The van der Waals surface area contributed by atoms with Gasteiger partial charge in [0.25, 0.3) is 0 Å². The van der Waals surface area contributed by atoms with E-state index in [1.807, 2.05) is 0 Å². The number of hydrogen-bond donors (Lipinski definition) is 0. The molecule has 4 nitrogen and oxygen atoms in total. The summed E-state index contributed by atoms with van der Waals surface area (Å²) in [6.45, 7) is 0.956. The molecule has 0 saturated carbocycles. The topological polar surface area (TPSA) is 51.5 Å². The summed E-state index contributed by atoms with van der Waals surface area (Å²) in [6.07, 6.45) is 0.168. The molecule has 0 amide bonds. The highest BCUT2D eigenvalue weighted by Gasteiger charge is 2.22. The molecule has 0 aliphatic carbocycles. The lowest BCUT2D eigenvalue weighted by Gasteiger charge is -2.22. The average molecular weight is 240 g/mol. The van der Waals surface area contributed by atoms with Gasteiger partial charge >= 0.3 is 0 Å². The normalized spacial score (nSPS) is 13.1. The predicted molar refractivity (Wildman–Crippen MR) is 58.3 cm³/mol. The summed E-state index contributed by atoms with van der Waals surface area (Å²) in [7, 11) is 1.52. The maximum atomic E-state index is 8.76. The lowest BCUT2D eigenvalue weighted by molar-refractivity contribution is 0.169. The zero-order valence-corrected chi connectivity index (χ0v) is 9.50. The van der Waals surface area contributed by atoms with Crippen LogP contribution < -0.4 is 14.2 Å². The van der Waals surface area contributed by atoms with E-state index in [4.69, 9.17) is 31.1 Å². The van der Waals surface area contributed by atoms with Crippen molar-refractivity contribution in [2.24, 2.45) is 0 Å². The Morgan fingerprint density at radius 3 is 2.94 bits per heavy atom. The Hall–Kier alpha value is -1.60. The molecule has 0 unspecified atom stereocenters. The number of halogens is 1. The zero-order chi connectivity index (χ0) is 11.5. The lowest BCUT2D eigenvalue weighted by Crippen LogP contribution is -2.17. The van der Waals surface area contributed by atoms with Crippen molar-refractivity contribution in [1.29, 1.82) is 5.26 Å². The fraction of sp³-hybridized carbons (Fsp3) is 0.364. The van der Waals surface area contributed by atoms with Crippen LogP contribution in [0.3, 0.4) is 0 Å². The first-order chi connectivity index (χ1) is 7.77. The molecule has 0 atom stereocenters. The van der Waals surface area contributed by atoms with Crippen LogP contribution in [0, 0.1) is 11.3 Å². The van der Waals surface area contributed by atoms with Gasteiger partial charge in [0.05, 0.1) is 24.6 Å². The first kappa shape index (κ1) is 10.9. The minimum atomic E-state index is 0.168. The summed E-state index contributed by atoms with van der Waals surface area (Å²) < 4.78 is 16.0. The quantitative estimate of drug-likeness (QED) is 0.794. The molecule has 0 spiro atoms. The van der Waals surface area contributed by atoms with Gasteiger partial charge in [-0.15, -0.1) is 0 Å². The zero-order valence-electron chi connectivity index (χ0n) is 8.75. The largest absolute Gasteiger partial charge is 0.495 e. The molecule has 2 rings (SSSR count). The molecule has 5 heteroatoms. The molecule has 1 heterocycles. The summed E-state index contributed by atoms with van der Waals surface area (Å²) >= 11 is 6.11. The minimum absolute atomic E-state index is 0.168. The number of ether oxygens (including phenoxy) is 3. The molecule has 16 heavy (non-hydrogen) atoms. The van der Waals surface area contributed by atoms with Crippen molar-refractivity contribution >= 4 is 11.6 Å². The fourth-order valence-corrected chi connectivity index (χ4v) is 1.88. The molecule has 1 aliphatic heterocycles. The van der Waals surface area contributed by atoms with E-state index in [0.29, 0.717) is 41.0 Å². The van der Waals surface area contributed by atoms with Gasteiger partial charge in [0.2, 0.25) is 0 Å². The number of benzene rings is 1. The monoisotopic (exact) mass is 239 g/mol. The predicted octanol–water partition coefficient (Wildman–Crippen LogP) is 2.19. The Kier molecular flexibility index (Phi) is 3.07. The van der Waals surface area contributed by atoms with E-state index in [1.165, 1.54) is 7.11 Å². The second-order valence-corrected chi connectivity index (χ2v) is 3.61. The molecule has 0 aromatic heterocycles. The van der Waals surface area contributed by atoms with Crippen LogP contribution in [0.15, 0.2) is 6.07 Å².